The molecule has 1 atom stereocenters. The van der Waals surface area contributed by atoms with Gasteiger partial charge in [-0.2, -0.15) is 0 Å². The Morgan fingerprint density at radius 2 is 1.94 bits per heavy atom. The zero-order chi connectivity index (χ0) is 12.7. The number of carbonyl (C=O) groups is 1. The topological polar surface area (TPSA) is 35.5 Å². The summed E-state index contributed by atoms with van der Waals surface area (Å²) in [5.74, 6) is 1.32. The molecule has 1 aromatic carbocycles. The summed E-state index contributed by atoms with van der Waals surface area (Å²) in [5.41, 5.74) is 0.992. The number of aldehydes is 1. The Balaban J connectivity index is 2.92. The third-order valence-corrected chi connectivity index (χ3v) is 2.87. The molecule has 0 spiro atoms. The highest BCUT2D eigenvalue weighted by Gasteiger charge is 2.13. The van der Waals surface area contributed by atoms with Crippen LogP contribution in [-0.4, -0.2) is 20.5 Å². The van der Waals surface area contributed by atoms with Crippen molar-refractivity contribution in [1.82, 2.24) is 0 Å². The van der Waals surface area contributed by atoms with Crippen LogP contribution in [0.15, 0.2) is 18.2 Å². The zero-order valence-electron chi connectivity index (χ0n) is 10.7. The number of ether oxygens (including phenoxy) is 2. The predicted molar refractivity (Wildman–Crippen MR) is 67.9 cm³/mol. The van der Waals surface area contributed by atoms with Crippen molar-refractivity contribution >= 4 is 6.29 Å². The SMILES string of the molecule is CCCCC(C=O)c1ccc(OC)c(OC)c1. The van der Waals surface area contributed by atoms with Crippen LogP contribution in [0.4, 0.5) is 0 Å². The lowest BCUT2D eigenvalue weighted by molar-refractivity contribution is -0.109. The molecule has 94 valence electrons. The molecule has 0 amide bonds. The lowest BCUT2D eigenvalue weighted by Gasteiger charge is -2.13. The van der Waals surface area contributed by atoms with Gasteiger partial charge in [-0.25, -0.2) is 0 Å². The zero-order valence-corrected chi connectivity index (χ0v) is 10.7. The van der Waals surface area contributed by atoms with E-state index in [1.807, 2.05) is 18.2 Å². The maximum Gasteiger partial charge on any atom is 0.161 e. The number of methoxy groups -OCH3 is 2. The van der Waals surface area contributed by atoms with Crippen LogP contribution < -0.4 is 9.47 Å². The van der Waals surface area contributed by atoms with E-state index in [1.165, 1.54) is 0 Å². The second kappa shape index (κ2) is 6.94. The van der Waals surface area contributed by atoms with Gasteiger partial charge in [-0.1, -0.05) is 25.8 Å². The molecule has 0 radical (unpaired) electrons. The van der Waals surface area contributed by atoms with Crippen LogP contribution >= 0.6 is 0 Å². The standard InChI is InChI=1S/C14H20O3/c1-4-5-6-12(10-15)11-7-8-13(16-2)14(9-11)17-3/h7-10,12H,4-6H2,1-3H3. The van der Waals surface area contributed by atoms with Crippen molar-refractivity contribution in [2.24, 2.45) is 0 Å². The molecule has 3 heteroatoms. The van der Waals surface area contributed by atoms with Crippen molar-refractivity contribution in [2.45, 2.75) is 32.1 Å². The maximum atomic E-state index is 11.1. The largest absolute Gasteiger partial charge is 0.493 e. The van der Waals surface area contributed by atoms with Gasteiger partial charge in [-0.05, 0) is 24.1 Å². The second-order valence-corrected chi connectivity index (χ2v) is 4.00. The first-order valence-electron chi connectivity index (χ1n) is 5.94. The van der Waals surface area contributed by atoms with Gasteiger partial charge in [0, 0.05) is 5.92 Å². The van der Waals surface area contributed by atoms with Crippen molar-refractivity contribution in [1.29, 1.82) is 0 Å². The molecule has 1 unspecified atom stereocenters. The monoisotopic (exact) mass is 236 g/mol. The lowest BCUT2D eigenvalue weighted by atomic mass is 9.95. The van der Waals surface area contributed by atoms with Gasteiger partial charge in [0.05, 0.1) is 14.2 Å². The number of unbranched alkanes of at least 4 members (excludes halogenated alkanes) is 1. The Morgan fingerprint density at radius 1 is 1.24 bits per heavy atom. The highest BCUT2D eigenvalue weighted by atomic mass is 16.5. The van der Waals surface area contributed by atoms with Crippen LogP contribution in [0.25, 0.3) is 0 Å². The predicted octanol–water partition coefficient (Wildman–Crippen LogP) is 3.18. The fourth-order valence-corrected chi connectivity index (χ4v) is 1.82. The summed E-state index contributed by atoms with van der Waals surface area (Å²) < 4.78 is 10.4. The Morgan fingerprint density at radius 3 is 2.47 bits per heavy atom. The Kier molecular flexibility index (Phi) is 5.53. The van der Waals surface area contributed by atoms with E-state index in [-0.39, 0.29) is 5.92 Å². The molecule has 0 fully saturated rings. The molecule has 0 bridgehead atoms. The van der Waals surface area contributed by atoms with Crippen LogP contribution in [0.2, 0.25) is 0 Å². The highest BCUT2D eigenvalue weighted by Crippen LogP contribution is 2.31. The van der Waals surface area contributed by atoms with Crippen molar-refractivity contribution < 1.29 is 14.3 Å². The quantitative estimate of drug-likeness (QED) is 0.682. The summed E-state index contributed by atoms with van der Waals surface area (Å²) in [6.07, 6.45) is 4.04. The molecule has 0 aromatic heterocycles. The smallest absolute Gasteiger partial charge is 0.161 e. The van der Waals surface area contributed by atoms with Crippen LogP contribution in [0.3, 0.4) is 0 Å². The second-order valence-electron chi connectivity index (χ2n) is 4.00. The molecule has 0 aliphatic carbocycles. The van der Waals surface area contributed by atoms with E-state index < -0.39 is 0 Å². The van der Waals surface area contributed by atoms with Crippen LogP contribution in [0, 0.1) is 0 Å². The average Bonchev–Trinajstić information content (AvgIpc) is 2.39. The molecular formula is C14H20O3. The van der Waals surface area contributed by atoms with Crippen LogP contribution in [0.1, 0.15) is 37.7 Å². The molecule has 0 aliphatic heterocycles. The van der Waals surface area contributed by atoms with E-state index >= 15 is 0 Å². The molecule has 1 rings (SSSR count). The number of rotatable bonds is 7. The molecule has 0 saturated carbocycles. The van der Waals surface area contributed by atoms with E-state index in [0.29, 0.717) is 11.5 Å². The molecule has 0 N–H and O–H groups in total. The number of hydrogen-bond donors (Lipinski definition) is 0. The average molecular weight is 236 g/mol. The van der Waals surface area contributed by atoms with Gasteiger partial charge in [-0.3, -0.25) is 0 Å². The van der Waals surface area contributed by atoms with Gasteiger partial charge in [-0.15, -0.1) is 0 Å². The van der Waals surface area contributed by atoms with Gasteiger partial charge < -0.3 is 14.3 Å². The number of carbonyl (C=O) groups excluding carboxylic acids is 1. The normalized spacial score (nSPS) is 11.9. The van der Waals surface area contributed by atoms with Gasteiger partial charge in [0.2, 0.25) is 0 Å². The number of benzene rings is 1. The molecule has 17 heavy (non-hydrogen) atoms. The van der Waals surface area contributed by atoms with E-state index in [1.54, 1.807) is 14.2 Å². The summed E-state index contributed by atoms with van der Waals surface area (Å²) in [6, 6.07) is 5.65. The van der Waals surface area contributed by atoms with Crippen molar-refractivity contribution in [2.75, 3.05) is 14.2 Å². The van der Waals surface area contributed by atoms with Gasteiger partial charge in [0.15, 0.2) is 11.5 Å². The molecule has 3 nitrogen and oxygen atoms in total. The highest BCUT2D eigenvalue weighted by molar-refractivity contribution is 5.63. The Bertz CT molecular complexity index is 360. The fourth-order valence-electron chi connectivity index (χ4n) is 1.82. The van der Waals surface area contributed by atoms with Crippen molar-refractivity contribution in [3.63, 3.8) is 0 Å². The summed E-state index contributed by atoms with van der Waals surface area (Å²) in [7, 11) is 3.20. The minimum Gasteiger partial charge on any atom is -0.493 e. The summed E-state index contributed by atoms with van der Waals surface area (Å²) in [6.45, 7) is 2.12. The van der Waals surface area contributed by atoms with Crippen LogP contribution in [-0.2, 0) is 4.79 Å². The van der Waals surface area contributed by atoms with Gasteiger partial charge in [0.1, 0.15) is 6.29 Å². The summed E-state index contributed by atoms with van der Waals surface area (Å²) in [4.78, 5) is 11.1. The third kappa shape index (κ3) is 3.48. The molecule has 0 heterocycles. The maximum absolute atomic E-state index is 11.1. The van der Waals surface area contributed by atoms with E-state index in [2.05, 4.69) is 6.92 Å². The summed E-state index contributed by atoms with van der Waals surface area (Å²) in [5, 5.41) is 0. The molecule has 0 saturated heterocycles. The van der Waals surface area contributed by atoms with E-state index in [9.17, 15) is 4.79 Å². The van der Waals surface area contributed by atoms with E-state index in [0.717, 1.165) is 31.1 Å². The third-order valence-electron chi connectivity index (χ3n) is 2.87. The number of hydrogen-bond acceptors (Lipinski definition) is 3. The minimum atomic E-state index is -0.0465. The van der Waals surface area contributed by atoms with Gasteiger partial charge in [0.25, 0.3) is 0 Å². The molecular weight excluding hydrogens is 216 g/mol. The summed E-state index contributed by atoms with van der Waals surface area (Å²) >= 11 is 0. The van der Waals surface area contributed by atoms with E-state index in [4.69, 9.17) is 9.47 Å². The molecule has 0 aliphatic rings. The van der Waals surface area contributed by atoms with Gasteiger partial charge >= 0.3 is 0 Å². The first kappa shape index (κ1) is 13.6. The molecule has 1 aromatic rings. The van der Waals surface area contributed by atoms with Crippen molar-refractivity contribution in [3.8, 4) is 11.5 Å². The fraction of sp³-hybridized carbons (Fsp3) is 0.500. The Labute approximate surface area is 103 Å². The Hall–Kier alpha value is -1.51. The van der Waals surface area contributed by atoms with Crippen molar-refractivity contribution in [3.05, 3.63) is 23.8 Å². The lowest BCUT2D eigenvalue weighted by Crippen LogP contribution is -2.01. The van der Waals surface area contributed by atoms with Crippen LogP contribution in [0.5, 0.6) is 11.5 Å². The first-order chi connectivity index (χ1) is 8.26. The minimum absolute atomic E-state index is 0.0465. The first-order valence-corrected chi connectivity index (χ1v) is 5.94.